The van der Waals surface area contributed by atoms with Gasteiger partial charge in [0, 0.05) is 7.05 Å². The van der Waals surface area contributed by atoms with E-state index in [1.165, 1.54) is 16.7 Å². The van der Waals surface area contributed by atoms with Gasteiger partial charge in [-0.3, -0.25) is 4.57 Å². The highest BCUT2D eigenvalue weighted by atomic mass is 79.9. The first-order valence-electron chi connectivity index (χ1n) is 6.16. The molecule has 0 fully saturated rings. The summed E-state index contributed by atoms with van der Waals surface area (Å²) in [7, 11) is 1.65. The lowest BCUT2D eigenvalue weighted by Gasteiger charge is -2.11. The minimum Gasteiger partial charge on any atom is -0.408 e. The summed E-state index contributed by atoms with van der Waals surface area (Å²) in [6, 6.07) is 10.1. The zero-order valence-electron chi connectivity index (χ0n) is 10.9. The van der Waals surface area contributed by atoms with E-state index in [2.05, 4.69) is 15.9 Å². The van der Waals surface area contributed by atoms with Crippen molar-refractivity contribution in [1.29, 1.82) is 0 Å². The molecule has 0 aliphatic carbocycles. The van der Waals surface area contributed by atoms with Crippen molar-refractivity contribution in [3.63, 3.8) is 0 Å². The zero-order valence-corrected chi connectivity index (χ0v) is 13.3. The van der Waals surface area contributed by atoms with Gasteiger partial charge in [-0.05, 0) is 35.4 Å². The van der Waals surface area contributed by atoms with Crippen molar-refractivity contribution in [2.45, 2.75) is 4.83 Å². The molecule has 1 aromatic heterocycles. The average Bonchev–Trinajstić information content (AvgIpc) is 2.76. The van der Waals surface area contributed by atoms with Gasteiger partial charge in [0.25, 0.3) is 0 Å². The third kappa shape index (κ3) is 2.51. The molecular formula is C15H10BrClFNO2. The van der Waals surface area contributed by atoms with Gasteiger partial charge in [-0.2, -0.15) is 0 Å². The molecule has 3 rings (SSSR count). The number of oxazole rings is 1. The molecule has 3 aromatic rings. The van der Waals surface area contributed by atoms with Crippen molar-refractivity contribution < 1.29 is 8.81 Å². The number of rotatable bonds is 2. The number of aromatic nitrogens is 1. The maximum absolute atomic E-state index is 13.5. The summed E-state index contributed by atoms with van der Waals surface area (Å²) in [5.74, 6) is -0.878. The molecule has 0 spiro atoms. The highest BCUT2D eigenvalue weighted by molar-refractivity contribution is 9.09. The Morgan fingerprint density at radius 3 is 2.62 bits per heavy atom. The number of hydrogen-bond donors (Lipinski definition) is 0. The van der Waals surface area contributed by atoms with Crippen LogP contribution in [0.2, 0.25) is 5.02 Å². The van der Waals surface area contributed by atoms with E-state index in [-0.39, 0.29) is 9.85 Å². The van der Waals surface area contributed by atoms with Crippen LogP contribution in [0.25, 0.3) is 11.1 Å². The van der Waals surface area contributed by atoms with Gasteiger partial charge >= 0.3 is 5.76 Å². The topological polar surface area (TPSA) is 35.1 Å². The number of aryl methyl sites for hydroxylation is 1. The highest BCUT2D eigenvalue weighted by Gasteiger charge is 2.15. The summed E-state index contributed by atoms with van der Waals surface area (Å²) >= 11 is 9.21. The molecular weight excluding hydrogens is 361 g/mol. The van der Waals surface area contributed by atoms with Gasteiger partial charge in [0.1, 0.15) is 5.82 Å². The maximum atomic E-state index is 13.5. The van der Waals surface area contributed by atoms with Crippen LogP contribution in [0, 0.1) is 5.82 Å². The molecule has 3 nitrogen and oxygen atoms in total. The lowest BCUT2D eigenvalue weighted by molar-refractivity contribution is 0.528. The van der Waals surface area contributed by atoms with Gasteiger partial charge in [-0.25, -0.2) is 9.18 Å². The fourth-order valence-corrected chi connectivity index (χ4v) is 2.86. The Morgan fingerprint density at radius 2 is 1.90 bits per heavy atom. The van der Waals surface area contributed by atoms with E-state index in [1.54, 1.807) is 25.2 Å². The standard InChI is InChI=1S/C15H10BrClFNO2/c1-19-12-5-3-9(7-13(12)21-15(19)20)14(16)8-2-4-10(17)11(18)6-8/h2-7,14H,1H3. The number of alkyl halides is 1. The van der Waals surface area contributed by atoms with Crippen LogP contribution in [0.15, 0.2) is 45.6 Å². The molecule has 1 heterocycles. The second kappa shape index (κ2) is 5.31. The summed E-state index contributed by atoms with van der Waals surface area (Å²) in [4.78, 5) is 11.3. The van der Waals surface area contributed by atoms with E-state index in [9.17, 15) is 9.18 Å². The first-order chi connectivity index (χ1) is 9.97. The van der Waals surface area contributed by atoms with Crippen LogP contribution >= 0.6 is 27.5 Å². The van der Waals surface area contributed by atoms with Crippen molar-refractivity contribution in [1.82, 2.24) is 4.57 Å². The van der Waals surface area contributed by atoms with E-state index in [1.807, 2.05) is 6.07 Å². The predicted octanol–water partition coefficient (Wildman–Crippen LogP) is 4.41. The van der Waals surface area contributed by atoms with E-state index in [0.29, 0.717) is 11.1 Å². The lowest BCUT2D eigenvalue weighted by Crippen LogP contribution is -2.08. The fraction of sp³-hybridized carbons (Fsp3) is 0.133. The van der Waals surface area contributed by atoms with Gasteiger partial charge in [0.05, 0.1) is 15.4 Å². The van der Waals surface area contributed by atoms with Crippen molar-refractivity contribution in [3.8, 4) is 0 Å². The minimum absolute atomic E-state index is 0.0861. The largest absolute Gasteiger partial charge is 0.419 e. The van der Waals surface area contributed by atoms with Gasteiger partial charge in [0.2, 0.25) is 0 Å². The summed E-state index contributed by atoms with van der Waals surface area (Å²) in [6.45, 7) is 0. The normalized spacial score (nSPS) is 12.8. The second-order valence-corrected chi connectivity index (χ2v) is 6.01. The number of fused-ring (bicyclic) bond motifs is 1. The molecule has 1 atom stereocenters. The van der Waals surface area contributed by atoms with E-state index in [4.69, 9.17) is 16.0 Å². The number of halogens is 3. The van der Waals surface area contributed by atoms with Crippen LogP contribution in [-0.2, 0) is 7.05 Å². The van der Waals surface area contributed by atoms with Crippen molar-refractivity contribution >= 4 is 38.6 Å². The highest BCUT2D eigenvalue weighted by Crippen LogP contribution is 2.33. The van der Waals surface area contributed by atoms with Gasteiger partial charge in [0.15, 0.2) is 5.58 Å². The van der Waals surface area contributed by atoms with Crippen molar-refractivity contribution in [3.05, 3.63) is 68.9 Å². The first-order valence-corrected chi connectivity index (χ1v) is 7.45. The van der Waals surface area contributed by atoms with E-state index >= 15 is 0 Å². The molecule has 0 bridgehead atoms. The molecule has 1 unspecified atom stereocenters. The molecule has 0 amide bonds. The monoisotopic (exact) mass is 369 g/mol. The van der Waals surface area contributed by atoms with Crippen molar-refractivity contribution in [2.24, 2.45) is 7.05 Å². The van der Waals surface area contributed by atoms with Crippen LogP contribution in [0.3, 0.4) is 0 Å². The molecule has 0 N–H and O–H groups in total. The summed E-state index contributed by atoms with van der Waals surface area (Å²) < 4.78 is 20.1. The molecule has 0 radical (unpaired) electrons. The Hall–Kier alpha value is -1.59. The minimum atomic E-state index is -0.467. The molecule has 0 saturated heterocycles. The Balaban J connectivity index is 2.06. The van der Waals surface area contributed by atoms with Crippen LogP contribution in [0.1, 0.15) is 16.0 Å². The second-order valence-electron chi connectivity index (χ2n) is 4.69. The number of nitrogens with zero attached hydrogens (tertiary/aromatic N) is 1. The predicted molar refractivity (Wildman–Crippen MR) is 83.6 cm³/mol. The smallest absolute Gasteiger partial charge is 0.408 e. The third-order valence-electron chi connectivity index (χ3n) is 3.35. The molecule has 21 heavy (non-hydrogen) atoms. The van der Waals surface area contributed by atoms with Gasteiger partial charge < -0.3 is 4.42 Å². The van der Waals surface area contributed by atoms with Crippen LogP contribution in [0.4, 0.5) is 4.39 Å². The Bertz CT molecular complexity index is 887. The van der Waals surface area contributed by atoms with Gasteiger partial charge in [-0.1, -0.05) is 39.7 Å². The SMILES string of the molecule is Cn1c(=O)oc2cc(C(Br)c3ccc(Cl)c(F)c3)ccc21. The Labute approximate surface area is 133 Å². The summed E-state index contributed by atoms with van der Waals surface area (Å²) in [6.07, 6.45) is 0. The van der Waals surface area contributed by atoms with E-state index < -0.39 is 11.6 Å². The Kier molecular flexibility index (Phi) is 3.63. The van der Waals surface area contributed by atoms with Crippen LogP contribution in [0.5, 0.6) is 0 Å². The third-order valence-corrected chi connectivity index (χ3v) is 4.71. The molecule has 108 valence electrons. The molecule has 2 aromatic carbocycles. The summed E-state index contributed by atoms with van der Waals surface area (Å²) in [5, 5.41) is 0.0861. The zero-order chi connectivity index (χ0) is 15.1. The Morgan fingerprint density at radius 1 is 1.24 bits per heavy atom. The number of benzene rings is 2. The quantitative estimate of drug-likeness (QED) is 0.626. The molecule has 6 heteroatoms. The fourth-order valence-electron chi connectivity index (χ4n) is 2.17. The summed E-state index contributed by atoms with van der Waals surface area (Å²) in [5.41, 5.74) is 2.80. The maximum Gasteiger partial charge on any atom is 0.419 e. The van der Waals surface area contributed by atoms with Gasteiger partial charge in [-0.15, -0.1) is 0 Å². The number of hydrogen-bond acceptors (Lipinski definition) is 2. The van der Waals surface area contributed by atoms with E-state index in [0.717, 1.165) is 11.1 Å². The first kappa shape index (κ1) is 14.4. The van der Waals surface area contributed by atoms with Crippen molar-refractivity contribution in [2.75, 3.05) is 0 Å². The molecule has 0 saturated carbocycles. The lowest BCUT2D eigenvalue weighted by atomic mass is 10.0. The average molecular weight is 371 g/mol. The van der Waals surface area contributed by atoms with Crippen LogP contribution < -0.4 is 5.76 Å². The van der Waals surface area contributed by atoms with Crippen LogP contribution in [-0.4, -0.2) is 4.57 Å². The molecule has 0 aliphatic heterocycles. The molecule has 0 aliphatic rings.